The number of aryl methyl sites for hydroxylation is 1. The van der Waals surface area contributed by atoms with Crippen molar-refractivity contribution in [1.82, 2.24) is 0 Å². The van der Waals surface area contributed by atoms with E-state index in [-0.39, 0.29) is 0 Å². The van der Waals surface area contributed by atoms with Gasteiger partial charge in [-0.1, -0.05) is 62.5 Å². The summed E-state index contributed by atoms with van der Waals surface area (Å²) in [6, 6.07) is 6.70. The van der Waals surface area contributed by atoms with Gasteiger partial charge in [0.1, 0.15) is 0 Å². The van der Waals surface area contributed by atoms with Gasteiger partial charge >= 0.3 is 0 Å². The highest BCUT2D eigenvalue weighted by Gasteiger charge is 2.07. The first kappa shape index (κ1) is 16.0. The maximum atomic E-state index is 4.40. The molecule has 0 aliphatic carbocycles. The lowest BCUT2D eigenvalue weighted by Crippen LogP contribution is -1.97. The van der Waals surface area contributed by atoms with Crippen LogP contribution in [0.25, 0.3) is 0 Å². The maximum Gasteiger partial charge on any atom is 0.0215 e. The summed E-state index contributed by atoms with van der Waals surface area (Å²) in [6.07, 6.45) is 10.3. The van der Waals surface area contributed by atoms with Gasteiger partial charge in [-0.3, -0.25) is 0 Å². The molecule has 2 heteroatoms. The van der Waals surface area contributed by atoms with E-state index in [9.17, 15) is 0 Å². The van der Waals surface area contributed by atoms with Crippen molar-refractivity contribution < 1.29 is 0 Å². The van der Waals surface area contributed by atoms with Crippen molar-refractivity contribution in [3.8, 4) is 0 Å². The van der Waals surface area contributed by atoms with Crippen molar-refractivity contribution in [3.05, 3.63) is 29.3 Å². The Hall–Kier alpha value is -0.0800. The Balaban J connectivity index is 2.72. The molecule has 0 aliphatic rings. The first-order valence-electron chi connectivity index (χ1n) is 7.25. The molecule has 0 fully saturated rings. The van der Waals surface area contributed by atoms with E-state index < -0.39 is 0 Å². The van der Waals surface area contributed by atoms with Gasteiger partial charge in [0.25, 0.3) is 0 Å². The number of unbranched alkanes of at least 4 members (excludes halogenated alkanes) is 4. The van der Waals surface area contributed by atoms with Gasteiger partial charge in [0, 0.05) is 4.90 Å². The third kappa shape index (κ3) is 5.27. The molecule has 0 N–H and O–H groups in total. The van der Waals surface area contributed by atoms with Crippen LogP contribution in [0.3, 0.4) is 0 Å². The summed E-state index contributed by atoms with van der Waals surface area (Å²) in [7, 11) is 1.60. The number of hydrogen-bond acceptors (Lipinski definition) is 2. The van der Waals surface area contributed by atoms with Crippen LogP contribution in [0.5, 0.6) is 0 Å². The van der Waals surface area contributed by atoms with E-state index in [1.807, 2.05) is 0 Å². The van der Waals surface area contributed by atoms with Gasteiger partial charge < -0.3 is 0 Å². The zero-order valence-corrected chi connectivity index (χ0v) is 13.5. The minimum Gasteiger partial charge on any atom is -0.106 e. The van der Waals surface area contributed by atoms with Crippen LogP contribution in [0, 0.1) is 0 Å². The summed E-state index contributed by atoms with van der Waals surface area (Å²) in [6.45, 7) is 4.53. The molecule has 1 rings (SSSR count). The number of rotatable bonds is 9. The van der Waals surface area contributed by atoms with E-state index in [2.05, 4.69) is 43.7 Å². The Kier molecular flexibility index (Phi) is 8.70. The molecular formula is C16H26S2. The summed E-state index contributed by atoms with van der Waals surface area (Å²) in [5.41, 5.74) is 3.11. The minimum absolute atomic E-state index is 1.22. The Bertz CT molecular complexity index is 334. The Morgan fingerprint density at radius 2 is 1.61 bits per heavy atom. The van der Waals surface area contributed by atoms with Crippen LogP contribution >= 0.6 is 22.5 Å². The van der Waals surface area contributed by atoms with Crippen LogP contribution in [-0.4, -0.2) is 0 Å². The molecule has 0 unspecified atom stereocenters. The lowest BCUT2D eigenvalue weighted by atomic mass is 9.97. The molecule has 102 valence electrons. The molecule has 0 atom stereocenters. The molecule has 18 heavy (non-hydrogen) atoms. The predicted molar refractivity (Wildman–Crippen MR) is 87.7 cm³/mol. The van der Waals surface area contributed by atoms with Crippen LogP contribution in [0.15, 0.2) is 23.1 Å². The van der Waals surface area contributed by atoms with Gasteiger partial charge in [-0.25, -0.2) is 0 Å². The van der Waals surface area contributed by atoms with Crippen molar-refractivity contribution in [2.24, 2.45) is 0 Å². The van der Waals surface area contributed by atoms with Crippen molar-refractivity contribution in [3.63, 3.8) is 0 Å². The van der Waals surface area contributed by atoms with Crippen LogP contribution in [-0.2, 0) is 12.8 Å². The lowest BCUT2D eigenvalue weighted by molar-refractivity contribution is 0.688. The first-order chi connectivity index (χ1) is 8.83. The molecule has 0 aliphatic heterocycles. The van der Waals surface area contributed by atoms with Crippen LogP contribution < -0.4 is 0 Å². The second kappa shape index (κ2) is 9.80. The second-order valence-electron chi connectivity index (χ2n) is 4.90. The monoisotopic (exact) mass is 282 g/mol. The average molecular weight is 283 g/mol. The number of benzene rings is 1. The average Bonchev–Trinajstić information content (AvgIpc) is 2.40. The van der Waals surface area contributed by atoms with Gasteiger partial charge in [0.2, 0.25) is 0 Å². The Morgan fingerprint density at radius 3 is 2.22 bits per heavy atom. The molecule has 0 radical (unpaired) electrons. The number of hydrogen-bond donors (Lipinski definition) is 1. The fraction of sp³-hybridized carbons (Fsp3) is 0.625. The summed E-state index contributed by atoms with van der Waals surface area (Å²) in [5, 5.41) is 0. The molecule has 0 spiro atoms. The molecule has 1 aromatic rings. The highest BCUT2D eigenvalue weighted by molar-refractivity contribution is 8.68. The van der Waals surface area contributed by atoms with Crippen LogP contribution in [0.1, 0.15) is 63.5 Å². The first-order valence-corrected chi connectivity index (χ1v) is 9.12. The van der Waals surface area contributed by atoms with Gasteiger partial charge in [-0.15, -0.1) is 11.7 Å². The molecule has 0 heterocycles. The molecule has 1 aromatic carbocycles. The van der Waals surface area contributed by atoms with Gasteiger partial charge in [-0.2, -0.15) is 0 Å². The zero-order chi connectivity index (χ0) is 13.2. The summed E-state index contributed by atoms with van der Waals surface area (Å²) in [4.78, 5) is 1.36. The molecule has 0 saturated heterocycles. The summed E-state index contributed by atoms with van der Waals surface area (Å²) in [5.74, 6) is 0. The van der Waals surface area contributed by atoms with Crippen LogP contribution in [0.2, 0.25) is 0 Å². The Labute approximate surface area is 122 Å². The fourth-order valence-corrected chi connectivity index (χ4v) is 3.33. The largest absolute Gasteiger partial charge is 0.106 e. The van der Waals surface area contributed by atoms with Gasteiger partial charge in [0.05, 0.1) is 0 Å². The lowest BCUT2D eigenvalue weighted by Gasteiger charge is -2.13. The van der Waals surface area contributed by atoms with Crippen molar-refractivity contribution in [2.45, 2.75) is 70.1 Å². The van der Waals surface area contributed by atoms with E-state index in [1.54, 1.807) is 21.9 Å². The summed E-state index contributed by atoms with van der Waals surface area (Å²) >= 11 is 4.40. The quantitative estimate of drug-likeness (QED) is 0.325. The van der Waals surface area contributed by atoms with Crippen LogP contribution in [0.4, 0.5) is 0 Å². The normalized spacial score (nSPS) is 10.8. The smallest absolute Gasteiger partial charge is 0.0215 e. The van der Waals surface area contributed by atoms with E-state index in [4.69, 9.17) is 0 Å². The van der Waals surface area contributed by atoms with E-state index in [1.165, 1.54) is 56.3 Å². The van der Waals surface area contributed by atoms with E-state index >= 15 is 0 Å². The Morgan fingerprint density at radius 1 is 0.944 bits per heavy atom. The molecule has 0 saturated carbocycles. The van der Waals surface area contributed by atoms with E-state index in [0.717, 1.165) is 0 Å². The fourth-order valence-electron chi connectivity index (χ4n) is 2.33. The van der Waals surface area contributed by atoms with Crippen molar-refractivity contribution >= 4 is 22.5 Å². The van der Waals surface area contributed by atoms with Crippen molar-refractivity contribution in [2.75, 3.05) is 0 Å². The standard InChI is InChI=1S/C16H26S2/c1-3-5-7-10-14-11-9-13-16(18-17)15(14)12-8-6-4-2/h9,11,13,17H,3-8,10,12H2,1-2H3. The highest BCUT2D eigenvalue weighted by atomic mass is 33.1. The van der Waals surface area contributed by atoms with Gasteiger partial charge in [-0.05, 0) is 42.9 Å². The second-order valence-corrected chi connectivity index (χ2v) is 6.07. The minimum atomic E-state index is 1.22. The van der Waals surface area contributed by atoms with Gasteiger partial charge in [0.15, 0.2) is 0 Å². The molecular weight excluding hydrogens is 256 g/mol. The zero-order valence-electron chi connectivity index (χ0n) is 11.7. The molecule has 0 bridgehead atoms. The predicted octanol–water partition coefficient (Wildman–Crippen LogP) is 6.09. The molecule has 0 aromatic heterocycles. The molecule has 0 nitrogen and oxygen atoms in total. The topological polar surface area (TPSA) is 0 Å². The highest BCUT2D eigenvalue weighted by Crippen LogP contribution is 2.30. The van der Waals surface area contributed by atoms with Crippen molar-refractivity contribution in [1.29, 1.82) is 0 Å². The maximum absolute atomic E-state index is 4.40. The SMILES string of the molecule is CCCCCc1cccc(SS)c1CCCCC. The summed E-state index contributed by atoms with van der Waals surface area (Å²) < 4.78 is 0. The molecule has 0 amide bonds. The van der Waals surface area contributed by atoms with E-state index in [0.29, 0.717) is 0 Å². The third-order valence-corrected chi connectivity index (χ3v) is 4.58. The number of thiol groups is 1. The third-order valence-electron chi connectivity index (χ3n) is 3.41.